The molecule has 0 N–H and O–H groups in total. The predicted molar refractivity (Wildman–Crippen MR) is 69.5 cm³/mol. The van der Waals surface area contributed by atoms with E-state index in [1.807, 2.05) is 48.6 Å². The Kier molecular flexibility index (Phi) is 5.16. The lowest BCUT2D eigenvalue weighted by molar-refractivity contribution is 1.53. The van der Waals surface area contributed by atoms with Crippen LogP contribution in [0.5, 0.6) is 0 Å². The minimum absolute atomic E-state index is 1.11. The van der Waals surface area contributed by atoms with Crippen LogP contribution < -0.4 is 0 Å². The molecule has 0 saturated heterocycles. The summed E-state index contributed by atoms with van der Waals surface area (Å²) in [7, 11) is 0. The second kappa shape index (κ2) is 7.03. The molecule has 0 unspecified atom stereocenters. The molecule has 1 rings (SSSR count). The van der Waals surface area contributed by atoms with Gasteiger partial charge in [0.1, 0.15) is 0 Å². The third-order valence-corrected chi connectivity index (χ3v) is 1.91. The first-order valence-corrected chi connectivity index (χ1v) is 4.99. The van der Waals surface area contributed by atoms with Gasteiger partial charge in [0, 0.05) is 6.08 Å². The van der Waals surface area contributed by atoms with E-state index in [9.17, 15) is 0 Å². The Bertz CT molecular complexity index is 470. The molecule has 1 heteroatoms. The van der Waals surface area contributed by atoms with E-state index in [0.29, 0.717) is 0 Å². The summed E-state index contributed by atoms with van der Waals surface area (Å²) in [5.41, 5.74) is 2.24. The zero-order valence-electron chi connectivity index (χ0n) is 9.01. The summed E-state index contributed by atoms with van der Waals surface area (Å²) in [5.74, 6) is 0. The summed E-state index contributed by atoms with van der Waals surface area (Å²) in [6, 6.07) is 10.0. The van der Waals surface area contributed by atoms with Crippen molar-refractivity contribution in [3.8, 4) is 6.07 Å². The Morgan fingerprint density at radius 3 is 2.38 bits per heavy atom. The zero-order chi connectivity index (χ0) is 11.6. The van der Waals surface area contributed by atoms with E-state index in [2.05, 4.69) is 12.6 Å². The normalized spacial score (nSPS) is 11.2. The van der Waals surface area contributed by atoms with Gasteiger partial charge in [0.15, 0.2) is 0 Å². The van der Waals surface area contributed by atoms with Crippen molar-refractivity contribution < 1.29 is 0 Å². The van der Waals surface area contributed by atoms with Gasteiger partial charge in [0.05, 0.1) is 6.07 Å². The fourth-order valence-corrected chi connectivity index (χ4v) is 1.21. The van der Waals surface area contributed by atoms with E-state index in [0.717, 1.165) is 11.1 Å². The second-order valence-corrected chi connectivity index (χ2v) is 3.11. The van der Waals surface area contributed by atoms with Crippen molar-refractivity contribution >= 4 is 12.2 Å². The van der Waals surface area contributed by atoms with E-state index in [1.165, 1.54) is 6.08 Å². The molecule has 0 aliphatic heterocycles. The molecule has 0 spiro atoms. The van der Waals surface area contributed by atoms with Crippen LogP contribution in [-0.2, 0) is 0 Å². The van der Waals surface area contributed by atoms with Crippen molar-refractivity contribution in [2.75, 3.05) is 0 Å². The molecule has 0 saturated carbocycles. The number of hydrogen-bond donors (Lipinski definition) is 0. The van der Waals surface area contributed by atoms with Gasteiger partial charge in [0.25, 0.3) is 0 Å². The van der Waals surface area contributed by atoms with Crippen LogP contribution in [0.4, 0.5) is 0 Å². The quantitative estimate of drug-likeness (QED) is 0.541. The third-order valence-electron chi connectivity index (χ3n) is 1.91. The summed E-state index contributed by atoms with van der Waals surface area (Å²) < 4.78 is 0. The summed E-state index contributed by atoms with van der Waals surface area (Å²) >= 11 is 0. The number of rotatable bonds is 4. The highest BCUT2D eigenvalue weighted by Crippen LogP contribution is 2.08. The number of nitrogens with zero attached hydrogens (tertiary/aromatic N) is 1. The van der Waals surface area contributed by atoms with Crippen LogP contribution in [0.25, 0.3) is 12.2 Å². The van der Waals surface area contributed by atoms with Gasteiger partial charge in [0.2, 0.25) is 0 Å². The minimum Gasteiger partial charge on any atom is -0.193 e. The summed E-state index contributed by atoms with van der Waals surface area (Å²) in [6.07, 6.45) is 12.6. The van der Waals surface area contributed by atoms with Crippen LogP contribution in [0.1, 0.15) is 11.1 Å². The summed E-state index contributed by atoms with van der Waals surface area (Å²) in [5, 5.41) is 8.32. The van der Waals surface area contributed by atoms with Crippen LogP contribution in [0.3, 0.4) is 0 Å². The Balaban J connectivity index is 2.79. The van der Waals surface area contributed by atoms with E-state index in [4.69, 9.17) is 5.26 Å². The van der Waals surface area contributed by atoms with Crippen molar-refractivity contribution in [2.24, 2.45) is 0 Å². The van der Waals surface area contributed by atoms with Gasteiger partial charge >= 0.3 is 0 Å². The van der Waals surface area contributed by atoms with E-state index in [1.54, 1.807) is 12.2 Å². The molecule has 1 aromatic carbocycles. The van der Waals surface area contributed by atoms with Gasteiger partial charge in [-0.1, -0.05) is 61.2 Å². The number of nitriles is 1. The van der Waals surface area contributed by atoms with Crippen molar-refractivity contribution in [2.45, 2.75) is 0 Å². The zero-order valence-corrected chi connectivity index (χ0v) is 9.01. The van der Waals surface area contributed by atoms with Gasteiger partial charge in [-0.15, -0.1) is 0 Å². The molecule has 0 amide bonds. The van der Waals surface area contributed by atoms with E-state index >= 15 is 0 Å². The van der Waals surface area contributed by atoms with Gasteiger partial charge in [-0.05, 0) is 17.2 Å². The van der Waals surface area contributed by atoms with Crippen LogP contribution in [-0.4, -0.2) is 0 Å². The third kappa shape index (κ3) is 4.26. The molecule has 1 aromatic rings. The largest absolute Gasteiger partial charge is 0.193 e. The van der Waals surface area contributed by atoms with Crippen molar-refractivity contribution in [1.29, 1.82) is 5.26 Å². The SMILES string of the molecule is C=CC=Cc1cccc(C=CC=CC#N)c1. The minimum atomic E-state index is 1.11. The van der Waals surface area contributed by atoms with Gasteiger partial charge < -0.3 is 0 Å². The smallest absolute Gasteiger partial charge is 0.0912 e. The average Bonchev–Trinajstić information content (AvgIpc) is 2.33. The maximum Gasteiger partial charge on any atom is 0.0912 e. The standard InChI is InChI=1S/C15H13N/c1-2-3-8-14-10-7-11-15(13-14)9-5-4-6-12-16/h2-11,13H,1H2. The maximum absolute atomic E-state index is 8.32. The van der Waals surface area contributed by atoms with Crippen LogP contribution in [0.2, 0.25) is 0 Å². The molecular formula is C15H13N. The molecule has 1 nitrogen and oxygen atoms in total. The molecular weight excluding hydrogens is 194 g/mol. The molecule has 0 aliphatic carbocycles. The molecule has 16 heavy (non-hydrogen) atoms. The van der Waals surface area contributed by atoms with Crippen LogP contribution in [0, 0.1) is 11.3 Å². The van der Waals surface area contributed by atoms with Crippen molar-refractivity contribution in [3.63, 3.8) is 0 Å². The Labute approximate surface area is 96.4 Å². The molecule has 0 heterocycles. The Morgan fingerprint density at radius 2 is 1.75 bits per heavy atom. The highest BCUT2D eigenvalue weighted by molar-refractivity contribution is 5.59. The van der Waals surface area contributed by atoms with Crippen LogP contribution >= 0.6 is 0 Å². The summed E-state index contributed by atoms with van der Waals surface area (Å²) in [4.78, 5) is 0. The number of benzene rings is 1. The maximum atomic E-state index is 8.32. The fourth-order valence-electron chi connectivity index (χ4n) is 1.21. The highest BCUT2D eigenvalue weighted by atomic mass is 14.2. The molecule has 0 bridgehead atoms. The molecule has 0 fully saturated rings. The Hall–Kier alpha value is -2.33. The average molecular weight is 207 g/mol. The molecule has 0 aromatic heterocycles. The van der Waals surface area contributed by atoms with Gasteiger partial charge in [-0.2, -0.15) is 5.26 Å². The first-order chi connectivity index (χ1) is 7.86. The highest BCUT2D eigenvalue weighted by Gasteiger charge is 1.87. The fraction of sp³-hybridized carbons (Fsp3) is 0. The van der Waals surface area contributed by atoms with Crippen LogP contribution in [0.15, 0.2) is 61.2 Å². The number of allylic oxidation sites excluding steroid dienone is 5. The lowest BCUT2D eigenvalue weighted by Crippen LogP contribution is -1.74. The lowest BCUT2D eigenvalue weighted by Gasteiger charge is -1.95. The van der Waals surface area contributed by atoms with Crippen molar-refractivity contribution in [1.82, 2.24) is 0 Å². The van der Waals surface area contributed by atoms with Gasteiger partial charge in [-0.3, -0.25) is 0 Å². The van der Waals surface area contributed by atoms with Crippen molar-refractivity contribution in [3.05, 3.63) is 72.4 Å². The molecule has 0 aliphatic rings. The first kappa shape index (κ1) is 11.7. The monoisotopic (exact) mass is 207 g/mol. The second-order valence-electron chi connectivity index (χ2n) is 3.11. The molecule has 78 valence electrons. The van der Waals surface area contributed by atoms with E-state index in [-0.39, 0.29) is 0 Å². The Morgan fingerprint density at radius 1 is 1.06 bits per heavy atom. The van der Waals surface area contributed by atoms with E-state index < -0.39 is 0 Å². The summed E-state index contributed by atoms with van der Waals surface area (Å²) in [6.45, 7) is 3.63. The first-order valence-electron chi connectivity index (χ1n) is 4.99. The number of hydrogen-bond acceptors (Lipinski definition) is 1. The lowest BCUT2D eigenvalue weighted by atomic mass is 10.1. The van der Waals surface area contributed by atoms with Gasteiger partial charge in [-0.25, -0.2) is 0 Å². The molecule has 0 atom stereocenters. The molecule has 0 radical (unpaired) electrons. The predicted octanol–water partition coefficient (Wildman–Crippen LogP) is 3.98. The topological polar surface area (TPSA) is 23.8 Å².